The van der Waals surface area contributed by atoms with Crippen LogP contribution >= 0.6 is 22.9 Å². The molecule has 4 nitrogen and oxygen atoms in total. The first-order valence-electron chi connectivity index (χ1n) is 4.08. The topological polar surface area (TPSA) is 53.4 Å². The van der Waals surface area contributed by atoms with Gasteiger partial charge in [-0.05, 0) is 7.05 Å². The molecule has 0 unspecified atom stereocenters. The zero-order valence-corrected chi connectivity index (χ0v) is 9.31. The lowest BCUT2D eigenvalue weighted by Crippen LogP contribution is -2.21. The van der Waals surface area contributed by atoms with E-state index in [0.29, 0.717) is 17.4 Å². The van der Waals surface area contributed by atoms with Gasteiger partial charge in [0, 0.05) is 6.54 Å². The highest BCUT2D eigenvalue weighted by Gasteiger charge is 2.06. The summed E-state index contributed by atoms with van der Waals surface area (Å²) in [6.07, 6.45) is 1.75. The summed E-state index contributed by atoms with van der Waals surface area (Å²) in [7, 11) is 1.86. The van der Waals surface area contributed by atoms with E-state index in [4.69, 9.17) is 16.7 Å². The summed E-state index contributed by atoms with van der Waals surface area (Å²) in [4.78, 5) is 16.3. The molecule has 0 fully saturated rings. The Morgan fingerprint density at radius 1 is 1.79 bits per heavy atom. The number of carboxylic acid groups (broad SMARTS) is 1. The molecule has 0 bridgehead atoms. The van der Waals surface area contributed by atoms with Crippen LogP contribution in [0.5, 0.6) is 0 Å². The van der Waals surface area contributed by atoms with Crippen LogP contribution in [-0.2, 0) is 11.3 Å². The average Bonchev–Trinajstić information content (AvgIpc) is 2.48. The van der Waals surface area contributed by atoms with E-state index in [2.05, 4.69) is 4.98 Å². The second kappa shape index (κ2) is 5.29. The number of carbonyl (C=O) groups is 1. The zero-order valence-electron chi connectivity index (χ0n) is 7.73. The molecule has 0 atom stereocenters. The Morgan fingerprint density at radius 2 is 2.50 bits per heavy atom. The van der Waals surface area contributed by atoms with Crippen molar-refractivity contribution >= 4 is 28.9 Å². The molecule has 0 aliphatic heterocycles. The Balaban J connectivity index is 2.33. The van der Waals surface area contributed by atoms with Crippen LogP contribution in [0.4, 0.5) is 0 Å². The van der Waals surface area contributed by atoms with Gasteiger partial charge in [-0.1, -0.05) is 11.6 Å². The smallest absolute Gasteiger partial charge is 0.304 e. The van der Waals surface area contributed by atoms with E-state index < -0.39 is 5.97 Å². The number of aromatic nitrogens is 1. The van der Waals surface area contributed by atoms with Crippen molar-refractivity contribution in [2.24, 2.45) is 0 Å². The van der Waals surface area contributed by atoms with Crippen molar-refractivity contribution in [3.63, 3.8) is 0 Å². The molecule has 0 radical (unpaired) electrons. The monoisotopic (exact) mass is 234 g/mol. The first kappa shape index (κ1) is 11.4. The molecule has 0 amide bonds. The minimum Gasteiger partial charge on any atom is -0.481 e. The SMILES string of the molecule is CN(CCC(=O)O)Cc1ncc(Cl)s1. The molecule has 6 heteroatoms. The molecule has 0 saturated heterocycles. The predicted molar refractivity (Wildman–Crippen MR) is 55.7 cm³/mol. The Labute approximate surface area is 91.1 Å². The molecule has 0 aliphatic carbocycles. The molecular weight excluding hydrogens is 224 g/mol. The van der Waals surface area contributed by atoms with Crippen LogP contribution in [0, 0.1) is 0 Å². The molecule has 0 aromatic carbocycles. The average molecular weight is 235 g/mol. The summed E-state index contributed by atoms with van der Waals surface area (Å²) in [5.41, 5.74) is 0. The fourth-order valence-corrected chi connectivity index (χ4v) is 1.99. The van der Waals surface area contributed by atoms with E-state index in [1.165, 1.54) is 11.3 Å². The first-order chi connectivity index (χ1) is 6.58. The van der Waals surface area contributed by atoms with E-state index in [9.17, 15) is 4.79 Å². The van der Waals surface area contributed by atoms with Gasteiger partial charge in [-0.3, -0.25) is 9.69 Å². The minimum atomic E-state index is -0.783. The van der Waals surface area contributed by atoms with Crippen LogP contribution in [0.15, 0.2) is 6.20 Å². The van der Waals surface area contributed by atoms with Gasteiger partial charge in [0.15, 0.2) is 0 Å². The molecule has 78 valence electrons. The highest BCUT2D eigenvalue weighted by molar-refractivity contribution is 7.15. The van der Waals surface area contributed by atoms with E-state index in [1.54, 1.807) is 6.20 Å². The lowest BCUT2D eigenvalue weighted by molar-refractivity contribution is -0.137. The second-order valence-corrected chi connectivity index (χ2v) is 4.69. The number of carboxylic acids is 1. The maximum Gasteiger partial charge on any atom is 0.304 e. The van der Waals surface area contributed by atoms with E-state index >= 15 is 0 Å². The zero-order chi connectivity index (χ0) is 10.6. The molecule has 0 spiro atoms. The standard InChI is InChI=1S/C8H11ClN2O2S/c1-11(3-2-8(12)13)5-7-10-4-6(9)14-7/h4H,2-3,5H2,1H3,(H,12,13). The van der Waals surface area contributed by atoms with Crippen molar-refractivity contribution in [3.8, 4) is 0 Å². The largest absolute Gasteiger partial charge is 0.481 e. The third kappa shape index (κ3) is 4.04. The number of hydrogen-bond donors (Lipinski definition) is 1. The Kier molecular flexibility index (Phi) is 4.31. The normalized spacial score (nSPS) is 10.8. The summed E-state index contributed by atoms with van der Waals surface area (Å²) in [6, 6.07) is 0. The van der Waals surface area contributed by atoms with Gasteiger partial charge in [0.05, 0.1) is 19.2 Å². The van der Waals surface area contributed by atoms with Gasteiger partial charge in [-0.2, -0.15) is 0 Å². The van der Waals surface area contributed by atoms with Crippen LogP contribution in [0.2, 0.25) is 4.34 Å². The maximum absolute atomic E-state index is 10.3. The molecule has 1 heterocycles. The van der Waals surface area contributed by atoms with Crippen LogP contribution in [0.1, 0.15) is 11.4 Å². The number of hydrogen-bond acceptors (Lipinski definition) is 4. The van der Waals surface area contributed by atoms with Gasteiger partial charge in [-0.25, -0.2) is 4.98 Å². The second-order valence-electron chi connectivity index (χ2n) is 2.94. The van der Waals surface area contributed by atoms with E-state index in [0.717, 1.165) is 5.01 Å². The van der Waals surface area contributed by atoms with Crippen molar-refractivity contribution in [2.45, 2.75) is 13.0 Å². The van der Waals surface area contributed by atoms with Crippen LogP contribution < -0.4 is 0 Å². The van der Waals surface area contributed by atoms with Crippen molar-refractivity contribution in [2.75, 3.05) is 13.6 Å². The highest BCUT2D eigenvalue weighted by atomic mass is 35.5. The molecule has 1 aromatic heterocycles. The summed E-state index contributed by atoms with van der Waals surface area (Å²) in [5.74, 6) is -0.783. The third-order valence-electron chi connectivity index (χ3n) is 1.64. The van der Waals surface area contributed by atoms with Crippen molar-refractivity contribution < 1.29 is 9.90 Å². The number of nitrogens with zero attached hydrogens (tertiary/aromatic N) is 2. The molecule has 1 N–H and O–H groups in total. The summed E-state index contributed by atoms with van der Waals surface area (Å²) in [6.45, 7) is 1.16. The van der Waals surface area contributed by atoms with E-state index in [1.807, 2.05) is 11.9 Å². The molecular formula is C8H11ClN2O2S. The molecule has 0 aliphatic rings. The van der Waals surface area contributed by atoms with Gasteiger partial charge < -0.3 is 5.11 Å². The number of aliphatic carboxylic acids is 1. The number of thiazole rings is 1. The number of halogens is 1. The van der Waals surface area contributed by atoms with Crippen molar-refractivity contribution in [1.29, 1.82) is 0 Å². The number of rotatable bonds is 5. The van der Waals surface area contributed by atoms with Crippen LogP contribution in [0.3, 0.4) is 0 Å². The fraction of sp³-hybridized carbons (Fsp3) is 0.500. The Morgan fingerprint density at radius 3 is 3.00 bits per heavy atom. The first-order valence-corrected chi connectivity index (χ1v) is 5.28. The quantitative estimate of drug-likeness (QED) is 0.843. The fourth-order valence-electron chi connectivity index (χ4n) is 0.958. The molecule has 0 saturated carbocycles. The van der Waals surface area contributed by atoms with Crippen LogP contribution in [-0.4, -0.2) is 34.6 Å². The summed E-state index contributed by atoms with van der Waals surface area (Å²) in [5, 5.41) is 9.38. The Hall–Kier alpha value is -0.650. The Bertz CT molecular complexity index is 316. The van der Waals surface area contributed by atoms with Crippen molar-refractivity contribution in [1.82, 2.24) is 9.88 Å². The van der Waals surface area contributed by atoms with E-state index in [-0.39, 0.29) is 6.42 Å². The molecule has 14 heavy (non-hydrogen) atoms. The van der Waals surface area contributed by atoms with Gasteiger partial charge in [0.2, 0.25) is 0 Å². The maximum atomic E-state index is 10.3. The lowest BCUT2D eigenvalue weighted by Gasteiger charge is -2.12. The van der Waals surface area contributed by atoms with Crippen LogP contribution in [0.25, 0.3) is 0 Å². The molecule has 1 rings (SSSR count). The van der Waals surface area contributed by atoms with Gasteiger partial charge in [-0.15, -0.1) is 11.3 Å². The lowest BCUT2D eigenvalue weighted by atomic mass is 10.4. The summed E-state index contributed by atoms with van der Waals surface area (Å²) < 4.78 is 0.659. The van der Waals surface area contributed by atoms with Gasteiger partial charge in [0.25, 0.3) is 0 Å². The minimum absolute atomic E-state index is 0.148. The predicted octanol–water partition coefficient (Wildman–Crippen LogP) is 1.70. The third-order valence-corrected chi connectivity index (χ3v) is 2.74. The van der Waals surface area contributed by atoms with Gasteiger partial charge >= 0.3 is 5.97 Å². The van der Waals surface area contributed by atoms with Crippen molar-refractivity contribution in [3.05, 3.63) is 15.5 Å². The van der Waals surface area contributed by atoms with Gasteiger partial charge in [0.1, 0.15) is 9.34 Å². The highest BCUT2D eigenvalue weighted by Crippen LogP contribution is 2.19. The summed E-state index contributed by atoms with van der Waals surface area (Å²) >= 11 is 7.13. The molecule has 1 aromatic rings.